The van der Waals surface area contributed by atoms with Gasteiger partial charge in [-0.25, -0.2) is 21.9 Å². The van der Waals surface area contributed by atoms with E-state index in [0.717, 1.165) is 17.7 Å². The summed E-state index contributed by atoms with van der Waals surface area (Å²) in [4.78, 5) is 25.1. The molecule has 0 aromatic heterocycles. The van der Waals surface area contributed by atoms with Crippen molar-refractivity contribution in [2.45, 2.75) is 24.4 Å². The summed E-state index contributed by atoms with van der Waals surface area (Å²) in [5.74, 6) is -3.70. The van der Waals surface area contributed by atoms with Crippen LogP contribution in [0, 0.1) is 18.6 Å². The van der Waals surface area contributed by atoms with Gasteiger partial charge in [0.1, 0.15) is 6.04 Å². The molecular formula is C24H23F2N3O4S. The Morgan fingerprint density at radius 3 is 2.29 bits per heavy atom. The lowest BCUT2D eigenvalue weighted by Gasteiger charge is -2.18. The molecule has 3 aromatic rings. The number of nitrogens with one attached hydrogen (secondary N) is 3. The molecule has 0 aliphatic rings. The third kappa shape index (κ3) is 5.83. The van der Waals surface area contributed by atoms with Gasteiger partial charge in [-0.15, -0.1) is 0 Å². The maximum Gasteiger partial charge on any atom is 0.252 e. The topological polar surface area (TPSA) is 104 Å². The van der Waals surface area contributed by atoms with Gasteiger partial charge in [0.25, 0.3) is 5.91 Å². The van der Waals surface area contributed by atoms with E-state index in [9.17, 15) is 26.8 Å². The van der Waals surface area contributed by atoms with Gasteiger partial charge in [-0.3, -0.25) is 9.59 Å². The Morgan fingerprint density at radius 2 is 1.65 bits per heavy atom. The van der Waals surface area contributed by atoms with Gasteiger partial charge in [-0.2, -0.15) is 0 Å². The molecule has 0 radical (unpaired) electrons. The first kappa shape index (κ1) is 25.0. The predicted octanol–water partition coefficient (Wildman–Crippen LogP) is 2.97. The molecular weight excluding hydrogens is 464 g/mol. The predicted molar refractivity (Wildman–Crippen MR) is 122 cm³/mol. The van der Waals surface area contributed by atoms with E-state index in [1.165, 1.54) is 31.3 Å². The fourth-order valence-corrected chi connectivity index (χ4v) is 4.52. The van der Waals surface area contributed by atoms with Crippen LogP contribution < -0.4 is 15.4 Å². The van der Waals surface area contributed by atoms with Crippen LogP contribution in [0.15, 0.2) is 71.6 Å². The largest absolute Gasteiger partial charge is 0.357 e. The Morgan fingerprint density at radius 1 is 0.941 bits per heavy atom. The van der Waals surface area contributed by atoms with Crippen LogP contribution in [0.2, 0.25) is 0 Å². The van der Waals surface area contributed by atoms with Gasteiger partial charge in [0.05, 0.1) is 4.90 Å². The van der Waals surface area contributed by atoms with Crippen LogP contribution in [0.25, 0.3) is 0 Å². The van der Waals surface area contributed by atoms with Gasteiger partial charge in [-0.1, -0.05) is 42.5 Å². The lowest BCUT2D eigenvalue weighted by molar-refractivity contribution is -0.122. The first-order valence-electron chi connectivity index (χ1n) is 10.2. The van der Waals surface area contributed by atoms with E-state index in [1.807, 2.05) is 6.07 Å². The van der Waals surface area contributed by atoms with E-state index in [2.05, 4.69) is 15.4 Å². The number of sulfonamides is 1. The normalized spacial score (nSPS) is 12.1. The van der Waals surface area contributed by atoms with E-state index < -0.39 is 39.5 Å². The second kappa shape index (κ2) is 10.5. The van der Waals surface area contributed by atoms with Crippen LogP contribution in [0.1, 0.15) is 33.1 Å². The molecule has 34 heavy (non-hydrogen) atoms. The average molecular weight is 488 g/mol. The van der Waals surface area contributed by atoms with Gasteiger partial charge in [0.15, 0.2) is 11.6 Å². The number of aryl methyl sites for hydroxylation is 1. The maximum atomic E-state index is 13.7. The van der Waals surface area contributed by atoms with E-state index in [0.29, 0.717) is 5.56 Å². The second-order valence-corrected chi connectivity index (χ2v) is 9.22. The number of hydrogen-bond acceptors (Lipinski definition) is 4. The van der Waals surface area contributed by atoms with E-state index in [-0.39, 0.29) is 22.6 Å². The van der Waals surface area contributed by atoms with Crippen molar-refractivity contribution in [3.63, 3.8) is 0 Å². The highest BCUT2D eigenvalue weighted by Crippen LogP contribution is 2.20. The minimum Gasteiger partial charge on any atom is -0.357 e. The molecule has 2 amide bonds. The highest BCUT2D eigenvalue weighted by Gasteiger charge is 2.25. The summed E-state index contributed by atoms with van der Waals surface area (Å²) < 4.78 is 55.3. The molecule has 1 atom stereocenters. The summed E-state index contributed by atoms with van der Waals surface area (Å²) in [5.41, 5.74) is 1.18. The maximum absolute atomic E-state index is 13.7. The number of hydrogen-bond donors (Lipinski definition) is 3. The molecule has 0 saturated carbocycles. The Hall–Kier alpha value is -3.63. The molecule has 7 nitrogen and oxygen atoms in total. The Kier molecular flexibility index (Phi) is 7.75. The number of carbonyl (C=O) groups excluding carboxylic acids is 2. The number of benzene rings is 3. The highest BCUT2D eigenvalue weighted by atomic mass is 32.2. The van der Waals surface area contributed by atoms with Gasteiger partial charge in [0, 0.05) is 19.2 Å². The number of likely N-dealkylation sites (N-methyl/N-ethyl adjacent to an activating group) is 1. The minimum absolute atomic E-state index is 0.0242. The van der Waals surface area contributed by atoms with Gasteiger partial charge >= 0.3 is 0 Å². The molecule has 0 aliphatic heterocycles. The average Bonchev–Trinajstić information content (AvgIpc) is 2.83. The monoisotopic (exact) mass is 487 g/mol. The van der Waals surface area contributed by atoms with Crippen LogP contribution in [-0.4, -0.2) is 27.3 Å². The van der Waals surface area contributed by atoms with Crippen molar-refractivity contribution in [3.05, 3.63) is 101 Å². The van der Waals surface area contributed by atoms with E-state index in [4.69, 9.17) is 0 Å². The lowest BCUT2D eigenvalue weighted by Crippen LogP contribution is -2.39. The van der Waals surface area contributed by atoms with Crippen molar-refractivity contribution in [2.24, 2.45) is 0 Å². The van der Waals surface area contributed by atoms with Crippen molar-refractivity contribution < 1.29 is 26.8 Å². The fourth-order valence-electron chi connectivity index (χ4n) is 3.23. The quantitative estimate of drug-likeness (QED) is 0.454. The van der Waals surface area contributed by atoms with Crippen LogP contribution in [0.4, 0.5) is 8.78 Å². The summed E-state index contributed by atoms with van der Waals surface area (Å²) in [7, 11) is -2.63. The fraction of sp³-hybridized carbons (Fsp3) is 0.167. The highest BCUT2D eigenvalue weighted by molar-refractivity contribution is 7.89. The molecule has 3 aromatic carbocycles. The Balaban J connectivity index is 1.86. The van der Waals surface area contributed by atoms with Gasteiger partial charge in [-0.05, 0) is 47.9 Å². The summed E-state index contributed by atoms with van der Waals surface area (Å²) in [6.07, 6.45) is 0. The van der Waals surface area contributed by atoms with Crippen molar-refractivity contribution in [3.8, 4) is 0 Å². The summed E-state index contributed by atoms with van der Waals surface area (Å²) in [6, 6.07) is 14.5. The first-order chi connectivity index (χ1) is 16.1. The minimum atomic E-state index is -3.96. The number of rotatable bonds is 8. The molecule has 0 spiro atoms. The van der Waals surface area contributed by atoms with Crippen LogP contribution >= 0.6 is 0 Å². The molecule has 0 aliphatic carbocycles. The smallest absolute Gasteiger partial charge is 0.252 e. The first-order valence-corrected chi connectivity index (χ1v) is 11.7. The number of carbonyl (C=O) groups is 2. The molecule has 3 N–H and O–H groups in total. The van der Waals surface area contributed by atoms with Crippen molar-refractivity contribution in [1.82, 2.24) is 15.4 Å². The lowest BCUT2D eigenvalue weighted by atomic mass is 10.0. The SMILES string of the molecule is CNC(=O)C(NC(=O)c1ccc(C)c(S(=O)(=O)NCc2ccccc2)c1)c1ccc(F)c(F)c1. The number of amides is 2. The molecule has 0 heterocycles. The van der Waals surface area contributed by atoms with Crippen molar-refractivity contribution >= 4 is 21.8 Å². The van der Waals surface area contributed by atoms with Gasteiger partial charge in [0.2, 0.25) is 15.9 Å². The third-order valence-corrected chi connectivity index (χ3v) is 6.65. The Labute approximate surface area is 196 Å². The zero-order chi connectivity index (χ0) is 24.9. The van der Waals surface area contributed by atoms with E-state index >= 15 is 0 Å². The van der Waals surface area contributed by atoms with Crippen LogP contribution in [0.5, 0.6) is 0 Å². The summed E-state index contributed by atoms with van der Waals surface area (Å²) >= 11 is 0. The van der Waals surface area contributed by atoms with Crippen molar-refractivity contribution in [2.75, 3.05) is 7.05 Å². The molecule has 178 valence electrons. The molecule has 0 saturated heterocycles. The summed E-state index contributed by atoms with van der Waals surface area (Å²) in [6.45, 7) is 1.65. The molecule has 1 unspecified atom stereocenters. The zero-order valence-electron chi connectivity index (χ0n) is 18.4. The standard InChI is InChI=1S/C24H23F2N3O4S/c1-15-8-9-18(13-21(15)34(32,33)28-14-16-6-4-3-5-7-16)23(30)29-22(24(31)27-2)17-10-11-19(25)20(26)12-17/h3-13,22,28H,14H2,1-2H3,(H,27,31)(H,29,30). The van der Waals surface area contributed by atoms with Crippen LogP contribution in [0.3, 0.4) is 0 Å². The molecule has 3 rings (SSSR count). The Bertz CT molecular complexity index is 1320. The zero-order valence-corrected chi connectivity index (χ0v) is 19.2. The van der Waals surface area contributed by atoms with Crippen LogP contribution in [-0.2, 0) is 21.4 Å². The molecule has 0 fully saturated rings. The molecule has 10 heteroatoms. The van der Waals surface area contributed by atoms with E-state index in [1.54, 1.807) is 31.2 Å². The molecule has 0 bridgehead atoms. The van der Waals surface area contributed by atoms with Crippen molar-refractivity contribution in [1.29, 1.82) is 0 Å². The van der Waals surface area contributed by atoms with Gasteiger partial charge < -0.3 is 10.6 Å². The second-order valence-electron chi connectivity index (χ2n) is 7.48. The third-order valence-electron chi connectivity index (χ3n) is 5.11. The number of halogens is 2. The summed E-state index contributed by atoms with van der Waals surface area (Å²) in [5, 5.41) is 4.80.